The number of hydrogen-bond donors (Lipinski definition) is 5. The van der Waals surface area contributed by atoms with Gasteiger partial charge in [-0.15, -0.1) is 10.2 Å². The summed E-state index contributed by atoms with van der Waals surface area (Å²) in [6, 6.07) is 17.1. The van der Waals surface area contributed by atoms with Crippen molar-refractivity contribution in [2.75, 3.05) is 82.0 Å². The summed E-state index contributed by atoms with van der Waals surface area (Å²) < 4.78 is 6.20. The maximum Gasteiger partial charge on any atom is 0.253 e. The molecule has 2 saturated heterocycles. The smallest absolute Gasteiger partial charge is 0.253 e. The zero-order valence-corrected chi connectivity index (χ0v) is 38.6. The third-order valence-electron chi connectivity index (χ3n) is 12.5. The molecule has 15 heteroatoms. The largest absolute Gasteiger partial charge is 0.507 e. The average Bonchev–Trinajstić information content (AvgIpc) is 4.11. The number of aromatic nitrogens is 4. The molecule has 15 nitrogen and oxygen atoms in total. The van der Waals surface area contributed by atoms with Crippen LogP contribution in [0.15, 0.2) is 67.0 Å². The topological polar surface area (TPSA) is 195 Å². The van der Waals surface area contributed by atoms with Crippen molar-refractivity contribution in [3.8, 4) is 17.0 Å². The summed E-state index contributed by atoms with van der Waals surface area (Å²) in [4.78, 5) is 46.7. The fourth-order valence-electron chi connectivity index (χ4n) is 8.84. The predicted molar refractivity (Wildman–Crippen MR) is 258 cm³/mol. The van der Waals surface area contributed by atoms with Crippen LogP contribution in [0.1, 0.15) is 104 Å². The van der Waals surface area contributed by atoms with E-state index in [-0.39, 0.29) is 17.8 Å². The predicted octanol–water partition coefficient (Wildman–Crippen LogP) is 7.49. The molecule has 1 atom stereocenters. The van der Waals surface area contributed by atoms with Crippen LogP contribution in [0, 0.1) is 12.8 Å². The van der Waals surface area contributed by atoms with Crippen LogP contribution >= 0.6 is 0 Å². The molecule has 1 unspecified atom stereocenters. The summed E-state index contributed by atoms with van der Waals surface area (Å²) in [6.07, 6.45) is 15.0. The van der Waals surface area contributed by atoms with Crippen molar-refractivity contribution in [1.82, 2.24) is 35.3 Å². The van der Waals surface area contributed by atoms with Crippen molar-refractivity contribution in [2.24, 2.45) is 5.92 Å². The van der Waals surface area contributed by atoms with E-state index >= 15 is 0 Å². The number of ether oxygens (including phenoxy) is 1. The Morgan fingerprint density at radius 1 is 0.954 bits per heavy atom. The standard InChI is InChI=1S/C33H42N6O3.C11H13N3.C4H7NO2.C2H6/c1-23-19-25(33(41)38-15-13-37(14-16-38)21-24-7-3-2-4-8-24)11-12-26(23)31-22-39(17-18-42-31)29-20-28(35-36-32(29)34)27-9-5-6-10-30(27)40;1-12-8-4-9-10(7-2-3-7)6-14-11(9)13-5-8;6-3-1-2-5-4-7;1-2/h5-6,9-12,19-20,24,31,40H,2-4,7-8,13-18,21-22H2,1H3,(H2,34,36);4-7,12H,2-3H2,1H3,(H,13,14);3-4H,1-2H2,(H,5,7);1-2H3. The van der Waals surface area contributed by atoms with Crippen molar-refractivity contribution < 1.29 is 24.2 Å². The van der Waals surface area contributed by atoms with Gasteiger partial charge in [0, 0.05) is 88.5 Å². The molecule has 2 saturated carbocycles. The van der Waals surface area contributed by atoms with Gasteiger partial charge in [0.15, 0.2) is 5.82 Å². The highest BCUT2D eigenvalue weighted by Crippen LogP contribution is 2.43. The van der Waals surface area contributed by atoms with Crippen LogP contribution in [0.5, 0.6) is 5.75 Å². The van der Waals surface area contributed by atoms with E-state index in [4.69, 9.17) is 10.5 Å². The highest BCUT2D eigenvalue weighted by molar-refractivity contribution is 5.94. The van der Waals surface area contributed by atoms with Crippen LogP contribution in [0.4, 0.5) is 17.2 Å². The van der Waals surface area contributed by atoms with Gasteiger partial charge >= 0.3 is 0 Å². The monoisotopic (exact) mass is 889 g/mol. The summed E-state index contributed by atoms with van der Waals surface area (Å²) in [5, 5.41) is 25.4. The van der Waals surface area contributed by atoms with E-state index < -0.39 is 0 Å². The van der Waals surface area contributed by atoms with Gasteiger partial charge in [0.1, 0.15) is 23.8 Å². The normalized spacial score (nSPS) is 17.6. The Bertz CT molecular complexity index is 2290. The van der Waals surface area contributed by atoms with Crippen LogP contribution in [0.3, 0.4) is 0 Å². The second kappa shape index (κ2) is 24.3. The summed E-state index contributed by atoms with van der Waals surface area (Å²) in [7, 11) is 1.92. The van der Waals surface area contributed by atoms with Crippen LogP contribution in [-0.2, 0) is 14.3 Å². The number of rotatable bonds is 12. The molecule has 2 aliphatic heterocycles. The van der Waals surface area contributed by atoms with Gasteiger partial charge in [0.05, 0.1) is 29.9 Å². The number of para-hydroxylation sites is 1. The number of fused-ring (bicyclic) bond motifs is 1. The Hall–Kier alpha value is -6.06. The van der Waals surface area contributed by atoms with Crippen molar-refractivity contribution in [3.63, 3.8) is 0 Å². The summed E-state index contributed by atoms with van der Waals surface area (Å²) >= 11 is 0. The molecule has 348 valence electrons. The SMILES string of the molecule is CC.CNc1cnc2[nH]cc(C3CC3)c2c1.Cc1cc(C(=O)N2CCN(CC3CCCCC3)CC2)ccc1C1CN(c2cc(-c3ccccc3O)nnc2N)CCO1.O=CCCNC=O. The van der Waals surface area contributed by atoms with Gasteiger partial charge < -0.3 is 45.8 Å². The van der Waals surface area contributed by atoms with E-state index in [1.807, 2.05) is 68.4 Å². The van der Waals surface area contributed by atoms with Crippen LogP contribution in [0.2, 0.25) is 0 Å². The fourth-order valence-corrected chi connectivity index (χ4v) is 8.84. The maximum absolute atomic E-state index is 13.4. The number of nitrogens with one attached hydrogen (secondary N) is 3. The zero-order valence-electron chi connectivity index (χ0n) is 38.6. The van der Waals surface area contributed by atoms with Gasteiger partial charge in [-0.05, 0) is 97.5 Å². The van der Waals surface area contributed by atoms with Crippen LogP contribution in [0.25, 0.3) is 22.3 Å². The van der Waals surface area contributed by atoms with Crippen molar-refractivity contribution >= 4 is 46.8 Å². The number of carbonyl (C=O) groups excluding carboxylic acids is 3. The molecular formula is C50H68N10O5. The summed E-state index contributed by atoms with van der Waals surface area (Å²) in [5.74, 6) is 2.21. The molecule has 5 aromatic rings. The molecule has 0 bridgehead atoms. The number of aldehydes is 1. The Morgan fingerprint density at radius 3 is 2.42 bits per heavy atom. The number of carbonyl (C=O) groups is 3. The minimum absolute atomic E-state index is 0.112. The van der Waals surface area contributed by atoms with E-state index in [1.165, 1.54) is 62.4 Å². The molecule has 0 radical (unpaired) electrons. The lowest BCUT2D eigenvalue weighted by Crippen LogP contribution is -2.49. The first-order chi connectivity index (χ1) is 31.8. The van der Waals surface area contributed by atoms with Gasteiger partial charge in [-0.3, -0.25) is 14.5 Å². The Labute approximate surface area is 383 Å². The lowest BCUT2D eigenvalue weighted by molar-refractivity contribution is -0.110. The second-order valence-electron chi connectivity index (χ2n) is 16.9. The van der Waals surface area contributed by atoms with E-state index in [2.05, 4.69) is 59.8 Å². The molecule has 9 rings (SSSR count). The molecule has 2 amide bonds. The number of aromatic amines is 1. The third-order valence-corrected chi connectivity index (χ3v) is 12.5. The molecule has 4 aliphatic rings. The molecule has 3 aromatic heterocycles. The maximum atomic E-state index is 13.4. The molecule has 2 aromatic carbocycles. The number of morpholine rings is 1. The number of hydrogen-bond acceptors (Lipinski definition) is 12. The minimum atomic E-state index is -0.174. The molecule has 2 aliphatic carbocycles. The van der Waals surface area contributed by atoms with E-state index in [0.717, 1.165) is 78.0 Å². The number of H-pyrrole nitrogens is 1. The number of nitrogens with two attached hydrogens (primary N) is 1. The van der Waals surface area contributed by atoms with Gasteiger partial charge in [-0.2, -0.15) is 0 Å². The summed E-state index contributed by atoms with van der Waals surface area (Å²) in [5.41, 5.74) is 14.6. The average molecular weight is 889 g/mol. The number of piperazine rings is 1. The summed E-state index contributed by atoms with van der Waals surface area (Å²) in [6.45, 7) is 13.0. The van der Waals surface area contributed by atoms with Gasteiger partial charge in [0.2, 0.25) is 6.41 Å². The van der Waals surface area contributed by atoms with E-state index in [1.54, 1.807) is 12.1 Å². The number of phenols is 1. The van der Waals surface area contributed by atoms with E-state index in [9.17, 15) is 19.5 Å². The number of phenolic OH excluding ortho intramolecular Hbond substituents is 1. The number of aryl methyl sites for hydroxylation is 1. The quantitative estimate of drug-likeness (QED) is 0.0613. The number of nitrogen functional groups attached to an aromatic ring is 1. The van der Waals surface area contributed by atoms with Gasteiger partial charge in [-0.25, -0.2) is 4.98 Å². The Morgan fingerprint density at radius 2 is 1.72 bits per heavy atom. The number of anilines is 3. The van der Waals surface area contributed by atoms with Gasteiger partial charge in [-0.1, -0.05) is 51.3 Å². The highest BCUT2D eigenvalue weighted by Gasteiger charge is 2.29. The zero-order chi connectivity index (χ0) is 46.1. The first-order valence-corrected chi connectivity index (χ1v) is 23.4. The Kier molecular flexibility index (Phi) is 18.1. The van der Waals surface area contributed by atoms with Crippen molar-refractivity contribution in [1.29, 1.82) is 0 Å². The number of aromatic hydroxyl groups is 1. The first-order valence-electron chi connectivity index (χ1n) is 23.4. The molecule has 5 heterocycles. The Balaban J connectivity index is 0.000000248. The molecule has 0 spiro atoms. The number of nitrogens with zero attached hydrogens (tertiary/aromatic N) is 6. The molecule has 65 heavy (non-hydrogen) atoms. The number of benzene rings is 2. The minimum Gasteiger partial charge on any atom is -0.507 e. The lowest BCUT2D eigenvalue weighted by atomic mass is 9.89. The number of pyridine rings is 1. The first kappa shape index (κ1) is 48.4. The third kappa shape index (κ3) is 13.0. The van der Waals surface area contributed by atoms with Crippen LogP contribution in [-0.4, -0.2) is 120 Å². The highest BCUT2D eigenvalue weighted by atomic mass is 16.5. The molecule has 6 N–H and O–H groups in total. The van der Waals surface area contributed by atoms with Gasteiger partial charge in [0.25, 0.3) is 5.91 Å². The molecular weight excluding hydrogens is 821 g/mol. The van der Waals surface area contributed by atoms with Crippen molar-refractivity contribution in [2.45, 2.75) is 84.2 Å². The number of amides is 2. The molecule has 4 fully saturated rings. The van der Waals surface area contributed by atoms with E-state index in [0.29, 0.717) is 56.1 Å². The van der Waals surface area contributed by atoms with Crippen molar-refractivity contribution in [3.05, 3.63) is 89.2 Å². The lowest BCUT2D eigenvalue weighted by Gasteiger charge is -2.37. The second-order valence-corrected chi connectivity index (χ2v) is 16.9. The van der Waals surface area contributed by atoms with Crippen LogP contribution < -0.4 is 21.3 Å². The fraction of sp³-hybridized carbons (Fsp3) is 0.480.